The smallest absolute Gasteiger partial charge is 0.159 e. The van der Waals surface area contributed by atoms with Gasteiger partial charge in [-0.05, 0) is 41.5 Å². The molecule has 2 atom stereocenters. The van der Waals surface area contributed by atoms with E-state index in [0.717, 1.165) is 0 Å². The van der Waals surface area contributed by atoms with Crippen molar-refractivity contribution in [2.45, 2.75) is 71.5 Å². The van der Waals surface area contributed by atoms with Crippen molar-refractivity contribution >= 4 is 0 Å². The van der Waals surface area contributed by atoms with Gasteiger partial charge in [-0.1, -0.05) is 0 Å². The SMILES string of the molecule is CC(F)CCOC(C)(C)C(C)(F)COC(C)C. The summed E-state index contributed by atoms with van der Waals surface area (Å²) in [6.45, 7) is 10.2. The molecule has 17 heavy (non-hydrogen) atoms. The summed E-state index contributed by atoms with van der Waals surface area (Å²) in [6, 6.07) is 0. The van der Waals surface area contributed by atoms with Crippen LogP contribution in [0.4, 0.5) is 8.78 Å². The molecule has 0 aromatic heterocycles. The van der Waals surface area contributed by atoms with E-state index in [9.17, 15) is 8.78 Å². The van der Waals surface area contributed by atoms with Gasteiger partial charge in [-0.25, -0.2) is 8.78 Å². The van der Waals surface area contributed by atoms with Crippen LogP contribution in [-0.2, 0) is 9.47 Å². The minimum Gasteiger partial charge on any atom is -0.375 e. The van der Waals surface area contributed by atoms with Gasteiger partial charge < -0.3 is 9.47 Å². The van der Waals surface area contributed by atoms with Crippen molar-refractivity contribution in [2.75, 3.05) is 13.2 Å². The first-order valence-electron chi connectivity index (χ1n) is 6.17. The zero-order chi connectivity index (χ0) is 13.7. The Morgan fingerprint density at radius 2 is 1.65 bits per heavy atom. The third kappa shape index (κ3) is 6.32. The average Bonchev–Trinajstić information content (AvgIpc) is 2.13. The third-order valence-electron chi connectivity index (χ3n) is 2.92. The van der Waals surface area contributed by atoms with Crippen molar-refractivity contribution in [3.8, 4) is 0 Å². The van der Waals surface area contributed by atoms with E-state index in [2.05, 4.69) is 0 Å². The fraction of sp³-hybridized carbons (Fsp3) is 1.00. The molecule has 0 saturated carbocycles. The predicted molar refractivity (Wildman–Crippen MR) is 65.8 cm³/mol. The summed E-state index contributed by atoms with van der Waals surface area (Å²) in [5.74, 6) is 0. The average molecular weight is 252 g/mol. The zero-order valence-corrected chi connectivity index (χ0v) is 11.8. The summed E-state index contributed by atoms with van der Waals surface area (Å²) < 4.78 is 37.8. The number of alkyl halides is 2. The second kappa shape index (κ2) is 6.64. The Balaban J connectivity index is 4.24. The van der Waals surface area contributed by atoms with Crippen LogP contribution in [0.2, 0.25) is 0 Å². The Morgan fingerprint density at radius 3 is 2.06 bits per heavy atom. The molecule has 0 aromatic rings. The van der Waals surface area contributed by atoms with Crippen LogP contribution in [0.3, 0.4) is 0 Å². The molecule has 0 aromatic carbocycles. The lowest BCUT2D eigenvalue weighted by molar-refractivity contribution is -0.151. The predicted octanol–water partition coefficient (Wildman–Crippen LogP) is 3.68. The first-order valence-corrected chi connectivity index (χ1v) is 6.17. The van der Waals surface area contributed by atoms with Crippen LogP contribution in [0.15, 0.2) is 0 Å². The van der Waals surface area contributed by atoms with Gasteiger partial charge in [-0.3, -0.25) is 0 Å². The van der Waals surface area contributed by atoms with Gasteiger partial charge >= 0.3 is 0 Å². The highest BCUT2D eigenvalue weighted by atomic mass is 19.1. The van der Waals surface area contributed by atoms with Gasteiger partial charge in [0.05, 0.1) is 31.1 Å². The highest BCUT2D eigenvalue weighted by Gasteiger charge is 2.43. The van der Waals surface area contributed by atoms with Crippen molar-refractivity contribution in [1.82, 2.24) is 0 Å². The van der Waals surface area contributed by atoms with Crippen molar-refractivity contribution < 1.29 is 18.3 Å². The van der Waals surface area contributed by atoms with Crippen LogP contribution in [0, 0.1) is 0 Å². The molecule has 0 radical (unpaired) electrons. The molecule has 0 aliphatic rings. The molecule has 0 N–H and O–H groups in total. The second-order valence-electron chi connectivity index (χ2n) is 5.49. The monoisotopic (exact) mass is 252 g/mol. The Kier molecular flexibility index (Phi) is 6.56. The van der Waals surface area contributed by atoms with E-state index in [1.54, 1.807) is 13.8 Å². The van der Waals surface area contributed by atoms with E-state index >= 15 is 0 Å². The van der Waals surface area contributed by atoms with E-state index in [1.165, 1.54) is 13.8 Å². The van der Waals surface area contributed by atoms with Crippen LogP contribution in [0.25, 0.3) is 0 Å². The maximum Gasteiger partial charge on any atom is 0.159 e. The Hall–Kier alpha value is -0.220. The molecule has 104 valence electrons. The Bertz CT molecular complexity index is 213. The summed E-state index contributed by atoms with van der Waals surface area (Å²) in [5.41, 5.74) is -2.59. The lowest BCUT2D eigenvalue weighted by Gasteiger charge is -2.38. The van der Waals surface area contributed by atoms with E-state index in [4.69, 9.17) is 9.47 Å². The van der Waals surface area contributed by atoms with E-state index in [-0.39, 0.29) is 25.7 Å². The minimum atomic E-state index is -1.60. The summed E-state index contributed by atoms with van der Waals surface area (Å²) in [6.07, 6.45) is -0.666. The van der Waals surface area contributed by atoms with Gasteiger partial charge in [0.2, 0.25) is 0 Å². The number of ether oxygens (including phenoxy) is 2. The summed E-state index contributed by atoms with van der Waals surface area (Å²) in [4.78, 5) is 0. The molecular formula is C13H26F2O2. The van der Waals surface area contributed by atoms with Crippen LogP contribution in [0.5, 0.6) is 0 Å². The summed E-state index contributed by atoms with van der Waals surface area (Å²) >= 11 is 0. The first-order chi connectivity index (χ1) is 7.58. The normalized spacial score (nSPS) is 18.2. The molecule has 0 spiro atoms. The molecule has 0 bridgehead atoms. The second-order valence-corrected chi connectivity index (χ2v) is 5.49. The fourth-order valence-corrected chi connectivity index (χ4v) is 1.12. The molecular weight excluding hydrogens is 226 g/mol. The van der Waals surface area contributed by atoms with Crippen molar-refractivity contribution in [3.05, 3.63) is 0 Å². The zero-order valence-electron chi connectivity index (χ0n) is 11.8. The maximum absolute atomic E-state index is 14.4. The Morgan fingerprint density at radius 1 is 1.12 bits per heavy atom. The number of hydrogen-bond donors (Lipinski definition) is 0. The van der Waals surface area contributed by atoms with E-state index in [1.807, 2.05) is 13.8 Å². The van der Waals surface area contributed by atoms with Gasteiger partial charge in [-0.15, -0.1) is 0 Å². The molecule has 2 nitrogen and oxygen atoms in total. The largest absolute Gasteiger partial charge is 0.375 e. The third-order valence-corrected chi connectivity index (χ3v) is 2.92. The highest BCUT2D eigenvalue weighted by molar-refractivity contribution is 4.92. The number of halogens is 2. The molecule has 0 aliphatic heterocycles. The number of hydrogen-bond acceptors (Lipinski definition) is 2. The van der Waals surface area contributed by atoms with E-state index < -0.39 is 17.4 Å². The van der Waals surface area contributed by atoms with Gasteiger partial charge in [0.1, 0.15) is 0 Å². The quantitative estimate of drug-likeness (QED) is 0.656. The maximum atomic E-state index is 14.4. The molecule has 0 saturated heterocycles. The van der Waals surface area contributed by atoms with Gasteiger partial charge in [-0.2, -0.15) is 0 Å². The molecule has 0 rings (SSSR count). The topological polar surface area (TPSA) is 18.5 Å². The van der Waals surface area contributed by atoms with Crippen LogP contribution < -0.4 is 0 Å². The van der Waals surface area contributed by atoms with Gasteiger partial charge in [0.25, 0.3) is 0 Å². The molecule has 4 heteroatoms. The molecule has 0 aliphatic carbocycles. The van der Waals surface area contributed by atoms with Crippen LogP contribution in [-0.4, -0.2) is 36.8 Å². The molecule has 0 amide bonds. The summed E-state index contributed by atoms with van der Waals surface area (Å²) in [7, 11) is 0. The molecule has 2 unspecified atom stereocenters. The first kappa shape index (κ1) is 16.8. The van der Waals surface area contributed by atoms with Crippen molar-refractivity contribution in [3.63, 3.8) is 0 Å². The van der Waals surface area contributed by atoms with Crippen LogP contribution >= 0.6 is 0 Å². The lowest BCUT2D eigenvalue weighted by atomic mass is 9.90. The summed E-state index contributed by atoms with van der Waals surface area (Å²) in [5, 5.41) is 0. The van der Waals surface area contributed by atoms with Crippen molar-refractivity contribution in [1.29, 1.82) is 0 Å². The molecule has 0 fully saturated rings. The fourth-order valence-electron chi connectivity index (χ4n) is 1.12. The highest BCUT2D eigenvalue weighted by Crippen LogP contribution is 2.30. The van der Waals surface area contributed by atoms with Crippen molar-refractivity contribution in [2.24, 2.45) is 0 Å². The molecule has 0 heterocycles. The Labute approximate surface area is 104 Å². The van der Waals surface area contributed by atoms with Crippen LogP contribution in [0.1, 0.15) is 48.0 Å². The van der Waals surface area contributed by atoms with E-state index in [0.29, 0.717) is 0 Å². The van der Waals surface area contributed by atoms with Gasteiger partial charge in [0, 0.05) is 6.42 Å². The van der Waals surface area contributed by atoms with Gasteiger partial charge in [0.15, 0.2) is 5.67 Å². The minimum absolute atomic E-state index is 0.0215. The number of rotatable bonds is 8. The lowest BCUT2D eigenvalue weighted by Crippen LogP contribution is -2.50. The standard InChI is InChI=1S/C13H26F2O2/c1-10(2)16-9-13(6,15)12(4,5)17-8-7-11(3)14/h10-11H,7-9H2,1-6H3.